The van der Waals surface area contributed by atoms with Gasteiger partial charge in [0.1, 0.15) is 0 Å². The largest absolute Gasteiger partial charge is 0.320 e. The smallest absolute Gasteiger partial charge is 0.0173 e. The highest BCUT2D eigenvalue weighted by atomic mass is 15.1. The van der Waals surface area contributed by atoms with Crippen LogP contribution in [0.3, 0.4) is 0 Å². The zero-order valence-electron chi connectivity index (χ0n) is 10.4. The van der Waals surface area contributed by atoms with E-state index in [4.69, 9.17) is 0 Å². The van der Waals surface area contributed by atoms with Gasteiger partial charge in [0.15, 0.2) is 0 Å². The van der Waals surface area contributed by atoms with E-state index in [2.05, 4.69) is 41.5 Å². The molecule has 0 amide bonds. The molecule has 2 rings (SSSR count). The minimum absolute atomic E-state index is 0.717. The van der Waals surface area contributed by atoms with Crippen LogP contribution in [-0.2, 0) is 12.8 Å². The second-order valence-electron chi connectivity index (χ2n) is 4.77. The summed E-state index contributed by atoms with van der Waals surface area (Å²) in [4.78, 5) is 2.51. The first-order valence-electron chi connectivity index (χ1n) is 6.23. The van der Waals surface area contributed by atoms with Crippen LogP contribution in [0, 0.1) is 0 Å². The highest BCUT2D eigenvalue weighted by Crippen LogP contribution is 2.24. The van der Waals surface area contributed by atoms with Crippen molar-refractivity contribution in [2.75, 3.05) is 27.2 Å². The van der Waals surface area contributed by atoms with Crippen LogP contribution in [0.25, 0.3) is 0 Å². The van der Waals surface area contributed by atoms with E-state index in [-0.39, 0.29) is 0 Å². The molecular weight excluding hydrogens is 196 g/mol. The zero-order chi connectivity index (χ0) is 11.4. The van der Waals surface area contributed by atoms with E-state index in [0.717, 1.165) is 6.54 Å². The maximum atomic E-state index is 3.20. The molecule has 0 aliphatic heterocycles. The Morgan fingerprint density at radius 1 is 1.25 bits per heavy atom. The maximum Gasteiger partial charge on any atom is 0.0173 e. The molecule has 0 fully saturated rings. The summed E-state index contributed by atoms with van der Waals surface area (Å²) in [6.45, 7) is 2.31. The van der Waals surface area contributed by atoms with Gasteiger partial charge in [-0.2, -0.15) is 0 Å². The quantitative estimate of drug-likeness (QED) is 0.757. The molecule has 1 aliphatic rings. The van der Waals surface area contributed by atoms with Crippen molar-refractivity contribution in [1.82, 2.24) is 10.2 Å². The molecule has 1 N–H and O–H groups in total. The van der Waals surface area contributed by atoms with Crippen LogP contribution in [0.1, 0.15) is 17.5 Å². The van der Waals surface area contributed by atoms with Gasteiger partial charge in [0, 0.05) is 6.04 Å². The molecule has 0 aromatic heterocycles. The lowest BCUT2D eigenvalue weighted by atomic mass is 10.1. The Labute approximate surface area is 98.7 Å². The van der Waals surface area contributed by atoms with E-state index in [9.17, 15) is 0 Å². The van der Waals surface area contributed by atoms with Gasteiger partial charge in [0.25, 0.3) is 0 Å². The van der Waals surface area contributed by atoms with Crippen molar-refractivity contribution in [1.29, 1.82) is 0 Å². The summed E-state index contributed by atoms with van der Waals surface area (Å²) in [6.07, 6.45) is 3.69. The summed E-state index contributed by atoms with van der Waals surface area (Å²) in [5, 5.41) is 3.20. The zero-order valence-corrected chi connectivity index (χ0v) is 10.4. The molecule has 1 aromatic rings. The van der Waals surface area contributed by atoms with Gasteiger partial charge in [0.2, 0.25) is 0 Å². The summed E-state index contributed by atoms with van der Waals surface area (Å²) < 4.78 is 0. The molecule has 0 bridgehead atoms. The molecular formula is C14H22N2. The number of benzene rings is 1. The lowest BCUT2D eigenvalue weighted by Crippen LogP contribution is -2.34. The normalized spacial score (nSPS) is 15.7. The van der Waals surface area contributed by atoms with E-state index in [1.807, 2.05) is 7.05 Å². The third-order valence-electron chi connectivity index (χ3n) is 3.59. The third kappa shape index (κ3) is 2.63. The van der Waals surface area contributed by atoms with Crippen LogP contribution in [0.2, 0.25) is 0 Å². The van der Waals surface area contributed by atoms with E-state index in [1.165, 1.54) is 25.8 Å². The minimum Gasteiger partial charge on any atom is -0.320 e. The van der Waals surface area contributed by atoms with Crippen molar-refractivity contribution >= 4 is 0 Å². The Morgan fingerprint density at radius 2 is 1.88 bits per heavy atom. The Kier molecular flexibility index (Phi) is 3.97. The Morgan fingerprint density at radius 3 is 2.44 bits per heavy atom. The average molecular weight is 218 g/mol. The van der Waals surface area contributed by atoms with Crippen LogP contribution in [-0.4, -0.2) is 38.1 Å². The van der Waals surface area contributed by atoms with Crippen molar-refractivity contribution in [3.8, 4) is 0 Å². The van der Waals surface area contributed by atoms with E-state index in [1.54, 1.807) is 11.1 Å². The maximum absolute atomic E-state index is 3.20. The van der Waals surface area contributed by atoms with E-state index < -0.39 is 0 Å². The van der Waals surface area contributed by atoms with Gasteiger partial charge in [-0.05, 0) is 57.6 Å². The molecule has 1 aromatic carbocycles. The van der Waals surface area contributed by atoms with Gasteiger partial charge in [-0.1, -0.05) is 24.3 Å². The molecule has 2 heteroatoms. The minimum atomic E-state index is 0.717. The fraction of sp³-hybridized carbons (Fsp3) is 0.571. The van der Waals surface area contributed by atoms with Crippen molar-refractivity contribution in [2.45, 2.75) is 25.3 Å². The first-order chi connectivity index (χ1) is 7.81. The lowest BCUT2D eigenvalue weighted by molar-refractivity contribution is 0.246. The van der Waals surface area contributed by atoms with Gasteiger partial charge >= 0.3 is 0 Å². The number of hydrogen-bond donors (Lipinski definition) is 1. The standard InChI is InChI=1S/C14H22N2/c1-15-8-5-9-16(2)14-10-12-6-3-4-7-13(12)11-14/h3-4,6-7,14-15H,5,8-11H2,1-2H3. The molecule has 16 heavy (non-hydrogen) atoms. The summed E-state index contributed by atoms with van der Waals surface area (Å²) in [5.41, 5.74) is 3.10. The third-order valence-corrected chi connectivity index (χ3v) is 3.59. The summed E-state index contributed by atoms with van der Waals surface area (Å²) in [7, 11) is 4.28. The predicted molar refractivity (Wildman–Crippen MR) is 68.8 cm³/mol. The molecule has 1 aliphatic carbocycles. The topological polar surface area (TPSA) is 15.3 Å². The first-order valence-corrected chi connectivity index (χ1v) is 6.23. The molecule has 0 saturated carbocycles. The molecule has 0 radical (unpaired) electrons. The molecule has 0 heterocycles. The highest BCUT2D eigenvalue weighted by molar-refractivity contribution is 5.33. The number of nitrogens with one attached hydrogen (secondary N) is 1. The van der Waals surface area contributed by atoms with Crippen molar-refractivity contribution in [3.63, 3.8) is 0 Å². The number of fused-ring (bicyclic) bond motifs is 1. The summed E-state index contributed by atoms with van der Waals surface area (Å²) >= 11 is 0. The molecule has 2 nitrogen and oxygen atoms in total. The van der Waals surface area contributed by atoms with Crippen LogP contribution >= 0.6 is 0 Å². The van der Waals surface area contributed by atoms with Crippen molar-refractivity contribution in [3.05, 3.63) is 35.4 Å². The SMILES string of the molecule is CNCCCN(C)C1Cc2ccccc2C1. The number of hydrogen-bond acceptors (Lipinski definition) is 2. The second kappa shape index (κ2) is 5.46. The second-order valence-corrected chi connectivity index (χ2v) is 4.77. The predicted octanol–water partition coefficient (Wildman–Crippen LogP) is 1.70. The van der Waals surface area contributed by atoms with Gasteiger partial charge in [-0.15, -0.1) is 0 Å². The fourth-order valence-electron chi connectivity index (χ4n) is 2.54. The van der Waals surface area contributed by atoms with E-state index >= 15 is 0 Å². The van der Waals surface area contributed by atoms with Crippen LogP contribution in [0.15, 0.2) is 24.3 Å². The first kappa shape index (κ1) is 11.6. The van der Waals surface area contributed by atoms with Crippen LogP contribution in [0.5, 0.6) is 0 Å². The summed E-state index contributed by atoms with van der Waals surface area (Å²) in [5.74, 6) is 0. The fourth-order valence-corrected chi connectivity index (χ4v) is 2.54. The monoisotopic (exact) mass is 218 g/mol. The molecule has 0 atom stereocenters. The molecule has 0 spiro atoms. The highest BCUT2D eigenvalue weighted by Gasteiger charge is 2.23. The number of nitrogens with zero attached hydrogens (tertiary/aromatic N) is 1. The van der Waals surface area contributed by atoms with Gasteiger partial charge < -0.3 is 10.2 Å². The summed E-state index contributed by atoms with van der Waals surface area (Å²) in [6, 6.07) is 9.58. The van der Waals surface area contributed by atoms with Crippen molar-refractivity contribution in [2.24, 2.45) is 0 Å². The van der Waals surface area contributed by atoms with Gasteiger partial charge in [0.05, 0.1) is 0 Å². The molecule has 0 saturated heterocycles. The Bertz CT molecular complexity index is 310. The van der Waals surface area contributed by atoms with Crippen molar-refractivity contribution < 1.29 is 0 Å². The Balaban J connectivity index is 1.86. The number of likely N-dealkylation sites (N-methyl/N-ethyl adjacent to an activating group) is 1. The lowest BCUT2D eigenvalue weighted by Gasteiger charge is -2.23. The molecule has 0 unspecified atom stereocenters. The van der Waals surface area contributed by atoms with Gasteiger partial charge in [-0.25, -0.2) is 0 Å². The average Bonchev–Trinajstić information content (AvgIpc) is 2.73. The van der Waals surface area contributed by atoms with E-state index in [0.29, 0.717) is 6.04 Å². The Hall–Kier alpha value is -0.860. The number of rotatable bonds is 5. The van der Waals surface area contributed by atoms with Crippen LogP contribution in [0.4, 0.5) is 0 Å². The van der Waals surface area contributed by atoms with Crippen LogP contribution < -0.4 is 5.32 Å². The van der Waals surface area contributed by atoms with Gasteiger partial charge in [-0.3, -0.25) is 0 Å². The molecule has 88 valence electrons.